The Morgan fingerprint density at radius 3 is 2.36 bits per heavy atom. The van der Waals surface area contributed by atoms with Crippen molar-refractivity contribution >= 4 is 5.65 Å². The smallest absolute Gasteiger partial charge is 0.258 e. The van der Waals surface area contributed by atoms with Crippen molar-refractivity contribution in [2.45, 2.75) is 59.5 Å². The van der Waals surface area contributed by atoms with Crippen molar-refractivity contribution in [1.82, 2.24) is 9.38 Å². The molecule has 0 radical (unpaired) electrons. The van der Waals surface area contributed by atoms with Gasteiger partial charge < -0.3 is 5.32 Å². The summed E-state index contributed by atoms with van der Waals surface area (Å²) in [5.41, 5.74) is 5.17. The third-order valence-corrected chi connectivity index (χ3v) is 5.74. The first kappa shape index (κ1) is 20.3. The van der Waals surface area contributed by atoms with E-state index in [9.17, 15) is 4.79 Å². The highest BCUT2D eigenvalue weighted by Crippen LogP contribution is 2.23. The van der Waals surface area contributed by atoms with Gasteiger partial charge >= 0.3 is 0 Å². The summed E-state index contributed by atoms with van der Waals surface area (Å²) in [7, 11) is 0. The predicted octanol–water partition coefficient (Wildman–Crippen LogP) is 3.98. The van der Waals surface area contributed by atoms with Crippen LogP contribution in [0.5, 0.6) is 0 Å². The molecule has 3 rings (SSSR count). The molecule has 1 aromatic carbocycles. The first-order valence-electron chi connectivity index (χ1n) is 10.3. The van der Waals surface area contributed by atoms with Gasteiger partial charge in [-0.1, -0.05) is 58.0 Å². The van der Waals surface area contributed by atoms with Crippen molar-refractivity contribution in [3.05, 3.63) is 81.4 Å². The molecule has 2 atom stereocenters. The fraction of sp³-hybridized carbons (Fsp3) is 0.417. The lowest BCUT2D eigenvalue weighted by Crippen LogP contribution is -2.84. The van der Waals surface area contributed by atoms with Crippen molar-refractivity contribution in [2.24, 2.45) is 5.92 Å². The maximum Gasteiger partial charge on any atom is 0.258 e. The van der Waals surface area contributed by atoms with Gasteiger partial charge in [0.2, 0.25) is 0 Å². The molecule has 0 aliphatic heterocycles. The molecule has 0 unspecified atom stereocenters. The van der Waals surface area contributed by atoms with Crippen LogP contribution < -0.4 is 10.9 Å². The Hall–Kier alpha value is -2.46. The van der Waals surface area contributed by atoms with Gasteiger partial charge in [0.1, 0.15) is 23.9 Å². The number of hydrogen-bond acceptors (Lipinski definition) is 2. The quantitative estimate of drug-likeness (QED) is 0.676. The molecule has 0 amide bonds. The molecule has 0 saturated carbocycles. The molecule has 0 saturated heterocycles. The lowest BCUT2D eigenvalue weighted by atomic mass is 9.92. The van der Waals surface area contributed by atoms with E-state index in [2.05, 4.69) is 57.3 Å². The van der Waals surface area contributed by atoms with Crippen LogP contribution in [-0.4, -0.2) is 9.38 Å². The number of pyridine rings is 1. The van der Waals surface area contributed by atoms with E-state index in [1.54, 1.807) is 10.5 Å². The highest BCUT2D eigenvalue weighted by molar-refractivity contribution is 5.40. The fourth-order valence-electron chi connectivity index (χ4n) is 3.79. The van der Waals surface area contributed by atoms with Gasteiger partial charge in [0, 0.05) is 23.2 Å². The number of fused-ring (bicyclic) bond motifs is 1. The minimum Gasteiger partial charge on any atom is -0.335 e. The average Bonchev–Trinajstić information content (AvgIpc) is 2.67. The van der Waals surface area contributed by atoms with Crippen LogP contribution in [0.25, 0.3) is 5.65 Å². The van der Waals surface area contributed by atoms with Crippen LogP contribution in [0.2, 0.25) is 0 Å². The minimum atomic E-state index is -0.00879. The van der Waals surface area contributed by atoms with E-state index in [0.29, 0.717) is 24.4 Å². The largest absolute Gasteiger partial charge is 0.335 e. The molecule has 2 heterocycles. The first-order chi connectivity index (χ1) is 13.4. The van der Waals surface area contributed by atoms with E-state index in [-0.39, 0.29) is 5.56 Å². The second-order valence-corrected chi connectivity index (χ2v) is 8.13. The zero-order valence-corrected chi connectivity index (χ0v) is 17.6. The molecule has 4 nitrogen and oxygen atoms in total. The van der Waals surface area contributed by atoms with E-state index >= 15 is 0 Å². The molecule has 0 bridgehead atoms. The van der Waals surface area contributed by atoms with Crippen molar-refractivity contribution in [3.63, 3.8) is 0 Å². The van der Waals surface area contributed by atoms with Gasteiger partial charge in [-0.3, -0.25) is 9.20 Å². The standard InChI is InChI=1S/C24H31N3O/c1-6-17(4)19-10-12-20(13-11-19)24(16(2)3)25-15-21-14-23(28)27-18(5)8-7-9-22(27)26-21/h7-14,16-17,24-25H,6,15H2,1-5H3/p+1/t17-,24+/m0/s1. The maximum atomic E-state index is 12.5. The van der Waals surface area contributed by atoms with Crippen LogP contribution >= 0.6 is 0 Å². The Labute approximate surface area is 167 Å². The maximum absolute atomic E-state index is 12.5. The van der Waals surface area contributed by atoms with Gasteiger partial charge in [-0.2, -0.15) is 0 Å². The zero-order chi connectivity index (χ0) is 20.3. The zero-order valence-electron chi connectivity index (χ0n) is 17.6. The molecule has 4 heteroatoms. The summed E-state index contributed by atoms with van der Waals surface area (Å²) < 4.78 is 1.66. The van der Waals surface area contributed by atoms with E-state index < -0.39 is 0 Å². The van der Waals surface area contributed by atoms with Gasteiger partial charge in [0.25, 0.3) is 5.56 Å². The van der Waals surface area contributed by atoms with Crippen molar-refractivity contribution in [1.29, 1.82) is 0 Å². The summed E-state index contributed by atoms with van der Waals surface area (Å²) in [5.74, 6) is 1.08. The third-order valence-electron chi connectivity index (χ3n) is 5.74. The number of aromatic nitrogens is 2. The topological polar surface area (TPSA) is 51.0 Å². The number of quaternary nitrogens is 1. The molecule has 0 aliphatic carbocycles. The summed E-state index contributed by atoms with van der Waals surface area (Å²) in [4.78, 5) is 17.2. The summed E-state index contributed by atoms with van der Waals surface area (Å²) in [6, 6.07) is 16.8. The van der Waals surface area contributed by atoms with Crippen molar-refractivity contribution in [3.8, 4) is 0 Å². The Kier molecular flexibility index (Phi) is 6.30. The number of nitrogens with zero attached hydrogens (tertiary/aromatic N) is 2. The van der Waals surface area contributed by atoms with Crippen LogP contribution in [0.3, 0.4) is 0 Å². The van der Waals surface area contributed by atoms with E-state index in [1.165, 1.54) is 11.1 Å². The van der Waals surface area contributed by atoms with Crippen LogP contribution in [0.4, 0.5) is 0 Å². The normalized spacial score (nSPS) is 13.8. The summed E-state index contributed by atoms with van der Waals surface area (Å²) >= 11 is 0. The molecule has 0 aliphatic rings. The molecule has 28 heavy (non-hydrogen) atoms. The molecule has 148 valence electrons. The number of hydrogen-bond donors (Lipinski definition) is 1. The second-order valence-electron chi connectivity index (χ2n) is 8.13. The lowest BCUT2D eigenvalue weighted by Gasteiger charge is -2.20. The van der Waals surface area contributed by atoms with Gasteiger partial charge in [0.15, 0.2) is 0 Å². The van der Waals surface area contributed by atoms with Crippen LogP contribution in [-0.2, 0) is 6.54 Å². The van der Waals surface area contributed by atoms with Crippen LogP contribution in [0, 0.1) is 12.8 Å². The van der Waals surface area contributed by atoms with Gasteiger partial charge in [-0.25, -0.2) is 4.98 Å². The molecular weight excluding hydrogens is 346 g/mol. The van der Waals surface area contributed by atoms with Gasteiger partial charge in [0.05, 0.1) is 0 Å². The Morgan fingerprint density at radius 2 is 1.71 bits per heavy atom. The van der Waals surface area contributed by atoms with E-state index in [0.717, 1.165) is 23.5 Å². The molecule has 0 spiro atoms. The SMILES string of the molecule is CC[C@H](C)c1ccc([C@H]([NH2+]Cc2cc(=O)n3c(C)cccc3n2)C(C)C)cc1. The summed E-state index contributed by atoms with van der Waals surface area (Å²) in [6.07, 6.45) is 1.15. The Bertz CT molecular complexity index is 989. The predicted molar refractivity (Wildman–Crippen MR) is 115 cm³/mol. The average molecular weight is 379 g/mol. The van der Waals surface area contributed by atoms with E-state index in [4.69, 9.17) is 4.98 Å². The third kappa shape index (κ3) is 4.33. The number of rotatable bonds is 7. The van der Waals surface area contributed by atoms with E-state index in [1.807, 2.05) is 25.1 Å². The second kappa shape index (κ2) is 8.70. The number of aryl methyl sites for hydroxylation is 1. The van der Waals surface area contributed by atoms with Gasteiger partial charge in [-0.05, 0) is 37.0 Å². The first-order valence-corrected chi connectivity index (χ1v) is 10.3. The molecule has 3 aromatic rings. The minimum absolute atomic E-state index is 0.00879. The van der Waals surface area contributed by atoms with Crippen LogP contribution in [0.15, 0.2) is 53.3 Å². The Morgan fingerprint density at radius 1 is 1.04 bits per heavy atom. The van der Waals surface area contributed by atoms with Crippen molar-refractivity contribution < 1.29 is 5.32 Å². The summed E-state index contributed by atoms with van der Waals surface area (Å²) in [5, 5.41) is 2.30. The van der Waals surface area contributed by atoms with Crippen LogP contribution in [0.1, 0.15) is 68.6 Å². The lowest BCUT2D eigenvalue weighted by molar-refractivity contribution is -0.717. The monoisotopic (exact) mass is 378 g/mol. The molecule has 2 aromatic heterocycles. The van der Waals surface area contributed by atoms with Crippen molar-refractivity contribution in [2.75, 3.05) is 0 Å². The molecule has 0 fully saturated rings. The number of benzene rings is 1. The fourth-order valence-corrected chi connectivity index (χ4v) is 3.79. The molecular formula is C24H32N3O+. The highest BCUT2D eigenvalue weighted by Gasteiger charge is 2.20. The summed E-state index contributed by atoms with van der Waals surface area (Å²) in [6.45, 7) is 11.6. The Balaban J connectivity index is 1.80. The number of nitrogens with two attached hydrogens (primary N) is 1. The highest BCUT2D eigenvalue weighted by atomic mass is 16.1. The van der Waals surface area contributed by atoms with Gasteiger partial charge in [-0.15, -0.1) is 0 Å². The molecule has 2 N–H and O–H groups in total.